The molecule has 0 amide bonds. The van der Waals surface area contributed by atoms with Gasteiger partial charge in [-0.15, -0.1) is 0 Å². The van der Waals surface area contributed by atoms with Crippen molar-refractivity contribution >= 4 is 23.0 Å². The predicted molar refractivity (Wildman–Crippen MR) is 103 cm³/mol. The van der Waals surface area contributed by atoms with E-state index in [1.165, 1.54) is 11.1 Å². The first-order valence-electron chi connectivity index (χ1n) is 7.81. The molecule has 2 aromatic carbocycles. The summed E-state index contributed by atoms with van der Waals surface area (Å²) >= 11 is 5.43. The summed E-state index contributed by atoms with van der Waals surface area (Å²) in [4.78, 5) is 0. The smallest absolute Gasteiger partial charge is 0.171 e. The van der Waals surface area contributed by atoms with Crippen LogP contribution in [0.15, 0.2) is 36.4 Å². The van der Waals surface area contributed by atoms with Crippen molar-refractivity contribution in [2.75, 3.05) is 19.5 Å². The SMILES string of the molecule is COc1ccc(OC)c([C@@H](C)NC(=S)Nc2ccc(C)c(C)c2)c1. The van der Waals surface area contributed by atoms with E-state index in [-0.39, 0.29) is 6.04 Å². The predicted octanol–water partition coefficient (Wildman–Crippen LogP) is 4.37. The molecule has 2 N–H and O–H groups in total. The zero-order valence-electron chi connectivity index (χ0n) is 14.8. The van der Waals surface area contributed by atoms with Crippen LogP contribution >= 0.6 is 12.2 Å². The standard InChI is InChI=1S/C19H24N2O2S/c1-12-6-7-15(10-13(12)2)21-19(24)20-14(3)17-11-16(22-4)8-9-18(17)23-5/h6-11,14H,1-5H3,(H2,20,21,24)/t14-/m1/s1. The topological polar surface area (TPSA) is 42.5 Å². The molecule has 0 bridgehead atoms. The minimum Gasteiger partial charge on any atom is -0.497 e. The fraction of sp³-hybridized carbons (Fsp3) is 0.316. The Morgan fingerprint density at radius 1 is 1.00 bits per heavy atom. The maximum atomic E-state index is 5.44. The van der Waals surface area contributed by atoms with Crippen LogP contribution in [0.1, 0.15) is 29.7 Å². The summed E-state index contributed by atoms with van der Waals surface area (Å²) in [6.45, 7) is 6.21. The van der Waals surface area contributed by atoms with Crippen molar-refractivity contribution in [3.05, 3.63) is 53.1 Å². The first-order chi connectivity index (χ1) is 11.4. The number of benzene rings is 2. The molecule has 2 aromatic rings. The zero-order valence-corrected chi connectivity index (χ0v) is 15.6. The molecule has 0 fully saturated rings. The number of rotatable bonds is 5. The number of anilines is 1. The Kier molecular flexibility index (Phi) is 6.04. The largest absolute Gasteiger partial charge is 0.497 e. The van der Waals surface area contributed by atoms with E-state index >= 15 is 0 Å². The van der Waals surface area contributed by atoms with Gasteiger partial charge < -0.3 is 20.1 Å². The minimum absolute atomic E-state index is 0.0263. The molecule has 0 aliphatic heterocycles. The van der Waals surface area contributed by atoms with Crippen molar-refractivity contribution in [3.63, 3.8) is 0 Å². The second kappa shape index (κ2) is 8.02. The van der Waals surface area contributed by atoms with Crippen LogP contribution in [-0.2, 0) is 0 Å². The number of thiocarbonyl (C=S) groups is 1. The van der Waals surface area contributed by atoms with Crippen LogP contribution in [0, 0.1) is 13.8 Å². The van der Waals surface area contributed by atoms with Gasteiger partial charge in [0, 0.05) is 11.3 Å². The van der Waals surface area contributed by atoms with Gasteiger partial charge in [0.25, 0.3) is 0 Å². The molecule has 24 heavy (non-hydrogen) atoms. The lowest BCUT2D eigenvalue weighted by atomic mass is 10.1. The average molecular weight is 344 g/mol. The number of aryl methyl sites for hydroxylation is 2. The van der Waals surface area contributed by atoms with Crippen molar-refractivity contribution in [3.8, 4) is 11.5 Å². The average Bonchev–Trinajstić information content (AvgIpc) is 2.57. The molecule has 0 spiro atoms. The van der Waals surface area contributed by atoms with Gasteiger partial charge in [0.05, 0.1) is 20.3 Å². The van der Waals surface area contributed by atoms with Gasteiger partial charge in [-0.25, -0.2) is 0 Å². The van der Waals surface area contributed by atoms with Gasteiger partial charge >= 0.3 is 0 Å². The quantitative estimate of drug-likeness (QED) is 0.789. The Labute approximate surface area is 149 Å². The molecule has 0 unspecified atom stereocenters. The number of nitrogens with one attached hydrogen (secondary N) is 2. The van der Waals surface area contributed by atoms with Gasteiger partial charge in [0.2, 0.25) is 0 Å². The van der Waals surface area contributed by atoms with Crippen molar-refractivity contribution in [2.45, 2.75) is 26.8 Å². The lowest BCUT2D eigenvalue weighted by Gasteiger charge is -2.20. The lowest BCUT2D eigenvalue weighted by Crippen LogP contribution is -2.31. The van der Waals surface area contributed by atoms with E-state index in [1.807, 2.05) is 31.2 Å². The maximum Gasteiger partial charge on any atom is 0.171 e. The molecule has 0 saturated heterocycles. The highest BCUT2D eigenvalue weighted by Crippen LogP contribution is 2.29. The summed E-state index contributed by atoms with van der Waals surface area (Å²) in [5.74, 6) is 1.58. The van der Waals surface area contributed by atoms with Gasteiger partial charge in [-0.1, -0.05) is 6.07 Å². The molecule has 128 valence electrons. The molecule has 0 heterocycles. The monoisotopic (exact) mass is 344 g/mol. The number of hydrogen-bond donors (Lipinski definition) is 2. The van der Waals surface area contributed by atoms with Crippen molar-refractivity contribution < 1.29 is 9.47 Å². The molecular weight excluding hydrogens is 320 g/mol. The van der Waals surface area contributed by atoms with E-state index in [9.17, 15) is 0 Å². The fourth-order valence-electron chi connectivity index (χ4n) is 2.44. The fourth-order valence-corrected chi connectivity index (χ4v) is 2.73. The highest BCUT2D eigenvalue weighted by molar-refractivity contribution is 7.80. The molecule has 0 aromatic heterocycles. The van der Waals surface area contributed by atoms with E-state index in [2.05, 4.69) is 36.6 Å². The van der Waals surface area contributed by atoms with E-state index in [1.54, 1.807) is 14.2 Å². The summed E-state index contributed by atoms with van der Waals surface area (Å²) in [5, 5.41) is 7.08. The second-order valence-electron chi connectivity index (χ2n) is 5.73. The highest BCUT2D eigenvalue weighted by Gasteiger charge is 2.14. The minimum atomic E-state index is -0.0263. The molecule has 0 aliphatic carbocycles. The first kappa shape index (κ1) is 18.1. The van der Waals surface area contributed by atoms with Crippen LogP contribution in [0.2, 0.25) is 0 Å². The zero-order chi connectivity index (χ0) is 17.7. The Hall–Kier alpha value is -2.27. The normalized spacial score (nSPS) is 11.5. The molecule has 1 atom stereocenters. The summed E-state index contributed by atoms with van der Waals surface area (Å²) in [6.07, 6.45) is 0. The van der Waals surface area contributed by atoms with E-state index in [0.29, 0.717) is 5.11 Å². The van der Waals surface area contributed by atoms with E-state index in [4.69, 9.17) is 21.7 Å². The van der Waals surface area contributed by atoms with Gasteiger partial charge in [-0.3, -0.25) is 0 Å². The Balaban J connectivity index is 2.09. The summed E-state index contributed by atoms with van der Waals surface area (Å²) in [7, 11) is 3.30. The Morgan fingerprint density at radius 2 is 1.75 bits per heavy atom. The van der Waals surface area contributed by atoms with Crippen LogP contribution in [0.25, 0.3) is 0 Å². The van der Waals surface area contributed by atoms with E-state index in [0.717, 1.165) is 22.7 Å². The first-order valence-corrected chi connectivity index (χ1v) is 8.22. The lowest BCUT2D eigenvalue weighted by molar-refractivity contribution is 0.395. The van der Waals surface area contributed by atoms with Gasteiger partial charge in [0.1, 0.15) is 11.5 Å². The number of hydrogen-bond acceptors (Lipinski definition) is 3. The van der Waals surface area contributed by atoms with Gasteiger partial charge in [-0.2, -0.15) is 0 Å². The molecule has 0 aliphatic rings. The van der Waals surface area contributed by atoms with Crippen LogP contribution in [-0.4, -0.2) is 19.3 Å². The van der Waals surface area contributed by atoms with Crippen molar-refractivity contribution in [1.82, 2.24) is 5.32 Å². The third kappa shape index (κ3) is 4.38. The van der Waals surface area contributed by atoms with Crippen LogP contribution in [0.5, 0.6) is 11.5 Å². The summed E-state index contributed by atoms with van der Waals surface area (Å²) < 4.78 is 10.7. The molecule has 2 rings (SSSR count). The maximum absolute atomic E-state index is 5.44. The van der Waals surface area contributed by atoms with Crippen molar-refractivity contribution in [1.29, 1.82) is 0 Å². The van der Waals surface area contributed by atoms with Crippen molar-refractivity contribution in [2.24, 2.45) is 0 Å². The molecular formula is C19H24N2O2S. The highest BCUT2D eigenvalue weighted by atomic mass is 32.1. The third-order valence-corrected chi connectivity index (χ3v) is 4.24. The molecule has 4 nitrogen and oxygen atoms in total. The molecule has 0 saturated carbocycles. The summed E-state index contributed by atoms with van der Waals surface area (Å²) in [5.41, 5.74) is 4.45. The number of ether oxygens (including phenoxy) is 2. The Bertz CT molecular complexity index is 731. The Morgan fingerprint density at radius 3 is 2.38 bits per heavy atom. The van der Waals surface area contributed by atoms with Gasteiger partial charge in [0.15, 0.2) is 5.11 Å². The summed E-state index contributed by atoms with van der Waals surface area (Å²) in [6, 6.07) is 11.9. The molecule has 0 radical (unpaired) electrons. The molecule has 5 heteroatoms. The van der Waals surface area contributed by atoms with Gasteiger partial charge in [-0.05, 0) is 74.4 Å². The van der Waals surface area contributed by atoms with Crippen LogP contribution < -0.4 is 20.1 Å². The van der Waals surface area contributed by atoms with Crippen LogP contribution in [0.4, 0.5) is 5.69 Å². The second-order valence-corrected chi connectivity index (χ2v) is 6.14. The number of methoxy groups -OCH3 is 2. The third-order valence-electron chi connectivity index (χ3n) is 4.02. The van der Waals surface area contributed by atoms with Crippen LogP contribution in [0.3, 0.4) is 0 Å². The van der Waals surface area contributed by atoms with E-state index < -0.39 is 0 Å².